The van der Waals surface area contributed by atoms with E-state index in [4.69, 9.17) is 0 Å². The van der Waals surface area contributed by atoms with Crippen molar-refractivity contribution in [3.63, 3.8) is 0 Å². The monoisotopic (exact) mass is 391 g/mol. The second kappa shape index (κ2) is 8.07. The molecule has 1 aliphatic heterocycles. The van der Waals surface area contributed by atoms with E-state index in [1.807, 2.05) is 25.1 Å². The molecule has 3 amide bonds. The number of hydrogen-bond acceptors (Lipinski definition) is 3. The van der Waals surface area contributed by atoms with Crippen LogP contribution >= 0.6 is 0 Å². The molecule has 2 aromatic carbocycles. The summed E-state index contributed by atoms with van der Waals surface area (Å²) in [5.74, 6) is -0.366. The third-order valence-electron chi connectivity index (χ3n) is 5.52. The van der Waals surface area contributed by atoms with Gasteiger partial charge in [0.15, 0.2) is 0 Å². The van der Waals surface area contributed by atoms with E-state index < -0.39 is 0 Å². The molecular weight excluding hydrogens is 366 g/mol. The topological polar surface area (TPSA) is 78.5 Å². The van der Waals surface area contributed by atoms with Gasteiger partial charge in [0, 0.05) is 29.4 Å². The lowest BCUT2D eigenvalue weighted by molar-refractivity contribution is -0.125. The summed E-state index contributed by atoms with van der Waals surface area (Å²) >= 11 is 0. The lowest BCUT2D eigenvalue weighted by Crippen LogP contribution is -2.46. The maximum atomic E-state index is 12.9. The molecule has 0 spiro atoms. The molecule has 0 radical (unpaired) electrons. The fourth-order valence-corrected chi connectivity index (χ4v) is 3.70. The fourth-order valence-electron chi connectivity index (χ4n) is 3.70. The van der Waals surface area contributed by atoms with E-state index in [2.05, 4.69) is 10.6 Å². The average Bonchev–Trinajstić information content (AvgIpc) is 3.39. The molecule has 2 aromatic rings. The SMILES string of the molecule is Cc1ccccc1C(=O)Nc1ccc(C(=O)N2CCC[C@H]2C(=O)NC2CC2)cc1. The summed E-state index contributed by atoms with van der Waals surface area (Å²) in [6.07, 6.45) is 3.60. The summed E-state index contributed by atoms with van der Waals surface area (Å²) < 4.78 is 0. The van der Waals surface area contributed by atoms with Crippen LogP contribution in [-0.2, 0) is 4.79 Å². The first-order chi connectivity index (χ1) is 14.0. The van der Waals surface area contributed by atoms with Crippen molar-refractivity contribution in [3.8, 4) is 0 Å². The number of anilines is 1. The van der Waals surface area contributed by atoms with E-state index >= 15 is 0 Å². The molecule has 6 heteroatoms. The molecule has 2 fully saturated rings. The van der Waals surface area contributed by atoms with E-state index in [0.29, 0.717) is 29.8 Å². The number of benzene rings is 2. The van der Waals surface area contributed by atoms with Gasteiger partial charge in [-0.3, -0.25) is 14.4 Å². The van der Waals surface area contributed by atoms with Gasteiger partial charge < -0.3 is 15.5 Å². The van der Waals surface area contributed by atoms with Gasteiger partial charge >= 0.3 is 0 Å². The number of carbonyl (C=O) groups is 3. The number of likely N-dealkylation sites (tertiary alicyclic amines) is 1. The van der Waals surface area contributed by atoms with Crippen LogP contribution in [0, 0.1) is 6.92 Å². The number of rotatable bonds is 5. The van der Waals surface area contributed by atoms with Crippen molar-refractivity contribution in [3.05, 3.63) is 65.2 Å². The molecule has 1 aliphatic carbocycles. The highest BCUT2D eigenvalue weighted by Gasteiger charge is 2.36. The van der Waals surface area contributed by atoms with Crippen molar-refractivity contribution in [1.29, 1.82) is 0 Å². The zero-order valence-electron chi connectivity index (χ0n) is 16.5. The zero-order valence-corrected chi connectivity index (χ0v) is 16.5. The Bertz CT molecular complexity index is 935. The Morgan fingerprint density at radius 2 is 1.69 bits per heavy atom. The molecule has 4 rings (SSSR count). The van der Waals surface area contributed by atoms with Crippen molar-refractivity contribution in [1.82, 2.24) is 10.2 Å². The van der Waals surface area contributed by atoms with Gasteiger partial charge in [0.2, 0.25) is 5.91 Å². The Morgan fingerprint density at radius 3 is 2.38 bits per heavy atom. The van der Waals surface area contributed by atoms with Gasteiger partial charge in [-0.2, -0.15) is 0 Å². The van der Waals surface area contributed by atoms with E-state index in [0.717, 1.165) is 24.8 Å². The van der Waals surface area contributed by atoms with E-state index in [1.165, 1.54) is 0 Å². The predicted octanol–water partition coefficient (Wildman–Crippen LogP) is 3.13. The van der Waals surface area contributed by atoms with Gasteiger partial charge in [0.05, 0.1) is 0 Å². The van der Waals surface area contributed by atoms with Crippen molar-refractivity contribution in [2.75, 3.05) is 11.9 Å². The van der Waals surface area contributed by atoms with Gasteiger partial charge in [-0.05, 0) is 68.5 Å². The van der Waals surface area contributed by atoms with Crippen molar-refractivity contribution in [2.45, 2.75) is 44.7 Å². The Morgan fingerprint density at radius 1 is 0.966 bits per heavy atom. The molecule has 2 aliphatic rings. The molecule has 2 N–H and O–H groups in total. The first-order valence-electron chi connectivity index (χ1n) is 10.1. The molecule has 150 valence electrons. The summed E-state index contributed by atoms with van der Waals surface area (Å²) in [5, 5.41) is 5.86. The fraction of sp³-hybridized carbons (Fsp3) is 0.348. The zero-order chi connectivity index (χ0) is 20.4. The maximum Gasteiger partial charge on any atom is 0.255 e. The minimum atomic E-state index is -0.386. The number of aryl methyl sites for hydroxylation is 1. The summed E-state index contributed by atoms with van der Waals surface area (Å²) in [6.45, 7) is 2.48. The Kier molecular flexibility index (Phi) is 5.34. The van der Waals surface area contributed by atoms with Crippen LogP contribution in [0.25, 0.3) is 0 Å². The predicted molar refractivity (Wildman–Crippen MR) is 111 cm³/mol. The number of carbonyl (C=O) groups excluding carboxylic acids is 3. The largest absolute Gasteiger partial charge is 0.352 e. The van der Waals surface area contributed by atoms with E-state index in [1.54, 1.807) is 35.2 Å². The lowest BCUT2D eigenvalue weighted by Gasteiger charge is -2.24. The lowest BCUT2D eigenvalue weighted by atomic mass is 10.1. The molecule has 0 unspecified atom stereocenters. The highest BCUT2D eigenvalue weighted by molar-refractivity contribution is 6.05. The van der Waals surface area contributed by atoms with E-state index in [9.17, 15) is 14.4 Å². The first-order valence-corrected chi connectivity index (χ1v) is 10.1. The molecule has 0 aromatic heterocycles. The molecular formula is C23H25N3O3. The second-order valence-electron chi connectivity index (χ2n) is 7.79. The number of nitrogens with one attached hydrogen (secondary N) is 2. The van der Waals surface area contributed by atoms with Gasteiger partial charge in [0.1, 0.15) is 6.04 Å². The van der Waals surface area contributed by atoms with Crippen LogP contribution in [0.4, 0.5) is 5.69 Å². The van der Waals surface area contributed by atoms with Crippen LogP contribution in [0.15, 0.2) is 48.5 Å². The van der Waals surface area contributed by atoms with Crippen LogP contribution in [0.1, 0.15) is 52.0 Å². The Labute approximate surface area is 170 Å². The highest BCUT2D eigenvalue weighted by Crippen LogP contribution is 2.24. The van der Waals surface area contributed by atoms with Crippen molar-refractivity contribution in [2.24, 2.45) is 0 Å². The third-order valence-corrected chi connectivity index (χ3v) is 5.52. The van der Waals surface area contributed by atoms with Gasteiger partial charge in [-0.1, -0.05) is 18.2 Å². The summed E-state index contributed by atoms with van der Waals surface area (Å²) in [6, 6.07) is 14.1. The molecule has 1 atom stereocenters. The number of amides is 3. The normalized spacial score (nSPS) is 18.4. The first kappa shape index (κ1) is 19.2. The summed E-state index contributed by atoms with van der Waals surface area (Å²) in [4.78, 5) is 39.5. The van der Waals surface area contributed by atoms with Crippen molar-refractivity contribution >= 4 is 23.4 Å². The summed E-state index contributed by atoms with van der Waals surface area (Å²) in [7, 11) is 0. The van der Waals surface area contributed by atoms with E-state index in [-0.39, 0.29) is 29.8 Å². The molecule has 29 heavy (non-hydrogen) atoms. The molecule has 1 saturated heterocycles. The smallest absolute Gasteiger partial charge is 0.255 e. The average molecular weight is 391 g/mol. The van der Waals surface area contributed by atoms with Crippen LogP contribution in [-0.4, -0.2) is 41.2 Å². The second-order valence-corrected chi connectivity index (χ2v) is 7.79. The van der Waals surface area contributed by atoms with Crippen LogP contribution in [0.2, 0.25) is 0 Å². The molecule has 1 heterocycles. The standard InChI is InChI=1S/C23H25N3O3/c1-15-5-2-3-6-19(15)21(27)24-17-10-8-16(9-11-17)23(29)26-14-4-7-20(26)22(28)25-18-12-13-18/h2-3,5-6,8-11,18,20H,4,7,12-14H2,1H3,(H,24,27)(H,25,28)/t20-/m0/s1. The molecule has 1 saturated carbocycles. The van der Waals surface area contributed by atoms with Crippen LogP contribution < -0.4 is 10.6 Å². The van der Waals surface area contributed by atoms with Crippen LogP contribution in [0.5, 0.6) is 0 Å². The minimum absolute atomic E-state index is 0.0412. The maximum absolute atomic E-state index is 12.9. The molecule has 6 nitrogen and oxygen atoms in total. The van der Waals surface area contributed by atoms with Gasteiger partial charge in [0.25, 0.3) is 11.8 Å². The van der Waals surface area contributed by atoms with Crippen molar-refractivity contribution < 1.29 is 14.4 Å². The summed E-state index contributed by atoms with van der Waals surface area (Å²) in [5.41, 5.74) is 2.67. The Balaban J connectivity index is 1.41. The highest BCUT2D eigenvalue weighted by atomic mass is 16.2. The Hall–Kier alpha value is -3.15. The van der Waals surface area contributed by atoms with Gasteiger partial charge in [-0.15, -0.1) is 0 Å². The van der Waals surface area contributed by atoms with Gasteiger partial charge in [-0.25, -0.2) is 0 Å². The molecule has 0 bridgehead atoms. The number of hydrogen-bond donors (Lipinski definition) is 2. The number of nitrogens with zero attached hydrogens (tertiary/aromatic N) is 1. The third kappa shape index (κ3) is 4.31. The van der Waals surface area contributed by atoms with Crippen LogP contribution in [0.3, 0.4) is 0 Å². The quantitative estimate of drug-likeness (QED) is 0.822. The minimum Gasteiger partial charge on any atom is -0.352 e.